The molecule has 0 bridgehead atoms. The summed E-state index contributed by atoms with van der Waals surface area (Å²) in [7, 11) is 0. The third-order valence-corrected chi connectivity index (χ3v) is 3.61. The molecule has 2 rings (SSSR count). The molecular weight excluding hydrogens is 260 g/mol. The highest BCUT2D eigenvalue weighted by Crippen LogP contribution is 2.12. The largest absolute Gasteiger partial charge is 0.322 e. The third-order valence-electron chi connectivity index (χ3n) is 3.36. The molecule has 19 heavy (non-hydrogen) atoms. The molecule has 0 spiro atoms. The fraction of sp³-hybridized carbons (Fsp3) is 0.429. The first-order valence-corrected chi connectivity index (χ1v) is 6.88. The first-order valence-electron chi connectivity index (χ1n) is 6.51. The number of nitrogens with zero attached hydrogens (tertiary/aromatic N) is 1. The van der Waals surface area contributed by atoms with Crippen molar-refractivity contribution in [2.24, 2.45) is 5.73 Å². The summed E-state index contributed by atoms with van der Waals surface area (Å²) in [5, 5.41) is 12.4. The van der Waals surface area contributed by atoms with Crippen molar-refractivity contribution in [3.8, 4) is 0 Å². The van der Waals surface area contributed by atoms with Crippen LogP contribution in [0.15, 0.2) is 24.3 Å². The second-order valence-corrected chi connectivity index (χ2v) is 5.32. The zero-order chi connectivity index (χ0) is 13.8. The molecule has 1 aliphatic heterocycles. The Morgan fingerprint density at radius 2 is 2.16 bits per heavy atom. The Morgan fingerprint density at radius 3 is 2.68 bits per heavy atom. The quantitative estimate of drug-likeness (QED) is 0.450. The van der Waals surface area contributed by atoms with Gasteiger partial charge in [-0.05, 0) is 37.1 Å². The molecule has 1 aromatic rings. The van der Waals surface area contributed by atoms with E-state index in [1.54, 1.807) is 0 Å². The van der Waals surface area contributed by atoms with Crippen LogP contribution in [-0.2, 0) is 6.54 Å². The van der Waals surface area contributed by atoms with E-state index < -0.39 is 0 Å². The van der Waals surface area contributed by atoms with E-state index in [2.05, 4.69) is 5.32 Å². The summed E-state index contributed by atoms with van der Waals surface area (Å²) in [6, 6.07) is 7.77. The molecule has 0 amide bonds. The van der Waals surface area contributed by atoms with Gasteiger partial charge in [-0.25, -0.2) is 4.58 Å². The first-order chi connectivity index (χ1) is 9.08. The number of rotatable bonds is 3. The van der Waals surface area contributed by atoms with E-state index in [1.807, 2.05) is 35.8 Å². The van der Waals surface area contributed by atoms with E-state index in [0.717, 1.165) is 30.0 Å². The van der Waals surface area contributed by atoms with E-state index in [1.165, 1.54) is 0 Å². The van der Waals surface area contributed by atoms with Crippen LogP contribution in [0.25, 0.3) is 0 Å². The van der Waals surface area contributed by atoms with Crippen LogP contribution in [0.4, 0.5) is 0 Å². The molecule has 102 valence electrons. The van der Waals surface area contributed by atoms with Crippen LogP contribution in [0.1, 0.15) is 25.3 Å². The van der Waals surface area contributed by atoms with Crippen molar-refractivity contribution in [3.63, 3.8) is 0 Å². The summed E-state index contributed by atoms with van der Waals surface area (Å²) in [5.41, 5.74) is 7.03. The summed E-state index contributed by atoms with van der Waals surface area (Å²) in [6.07, 6.45) is 2.12. The van der Waals surface area contributed by atoms with Gasteiger partial charge in [0, 0.05) is 11.9 Å². The number of halogens is 1. The summed E-state index contributed by atoms with van der Waals surface area (Å²) >= 11 is 5.88. The molecule has 4 N–H and O–H groups in total. The van der Waals surface area contributed by atoms with Crippen LogP contribution >= 0.6 is 11.6 Å². The number of nitrogens with two attached hydrogens (primary N) is 1. The Labute approximate surface area is 118 Å². The summed E-state index contributed by atoms with van der Waals surface area (Å²) < 4.78 is 1.85. The zero-order valence-electron chi connectivity index (χ0n) is 11.1. The minimum Gasteiger partial charge on any atom is -0.322 e. The second-order valence-electron chi connectivity index (χ2n) is 4.89. The Morgan fingerprint density at radius 1 is 1.47 bits per heavy atom. The van der Waals surface area contributed by atoms with Gasteiger partial charge in [0.2, 0.25) is 5.84 Å². The number of hydrogen-bond donors (Lipinski definition) is 3. The third kappa shape index (κ3) is 3.55. The van der Waals surface area contributed by atoms with Gasteiger partial charge >= 0.3 is 0 Å². The Kier molecular flexibility index (Phi) is 4.56. The minimum atomic E-state index is 0.116. The topological polar surface area (TPSA) is 64.9 Å². The maximum Gasteiger partial charge on any atom is 0.247 e. The Hall–Kier alpha value is -1.39. The van der Waals surface area contributed by atoms with Gasteiger partial charge in [-0.2, -0.15) is 5.41 Å². The van der Waals surface area contributed by atoms with Crippen molar-refractivity contribution in [3.05, 3.63) is 34.9 Å². The van der Waals surface area contributed by atoms with E-state index in [0.29, 0.717) is 18.2 Å². The van der Waals surface area contributed by atoms with E-state index >= 15 is 0 Å². The van der Waals surface area contributed by atoms with Gasteiger partial charge in [-0.15, -0.1) is 0 Å². The molecule has 0 aliphatic carbocycles. The summed E-state index contributed by atoms with van der Waals surface area (Å²) in [4.78, 5) is 0. The number of hydrogen-bond acceptors (Lipinski definition) is 2. The molecule has 1 fully saturated rings. The maximum atomic E-state index is 8.30. The highest BCUT2D eigenvalue weighted by Gasteiger charge is 2.26. The van der Waals surface area contributed by atoms with Crippen molar-refractivity contribution >= 4 is 23.3 Å². The molecule has 1 aliphatic rings. The lowest BCUT2D eigenvalue weighted by Crippen LogP contribution is -2.41. The molecule has 0 aromatic heterocycles. The number of nitrogens with one attached hydrogen (secondary N) is 2. The lowest BCUT2D eigenvalue weighted by atomic mass is 10.1. The van der Waals surface area contributed by atoms with Crippen LogP contribution in [-0.4, -0.2) is 28.8 Å². The zero-order valence-corrected chi connectivity index (χ0v) is 11.9. The molecule has 1 unspecified atom stereocenters. The molecule has 1 heterocycles. The van der Waals surface area contributed by atoms with Gasteiger partial charge in [-0.3, -0.25) is 0 Å². The normalized spacial score (nSPS) is 20.2. The molecule has 0 saturated carbocycles. The van der Waals surface area contributed by atoms with Crippen LogP contribution in [0.5, 0.6) is 0 Å². The number of benzene rings is 1. The predicted octanol–water partition coefficient (Wildman–Crippen LogP) is 1.96. The van der Waals surface area contributed by atoms with Crippen molar-refractivity contribution in [1.82, 2.24) is 5.32 Å². The van der Waals surface area contributed by atoms with E-state index in [9.17, 15) is 0 Å². The molecule has 1 aromatic carbocycles. The van der Waals surface area contributed by atoms with Crippen molar-refractivity contribution in [2.75, 3.05) is 6.54 Å². The highest BCUT2D eigenvalue weighted by atomic mass is 35.5. The van der Waals surface area contributed by atoms with Crippen molar-refractivity contribution in [1.29, 1.82) is 5.41 Å². The summed E-state index contributed by atoms with van der Waals surface area (Å²) in [5.74, 6) is 1.20. The smallest absolute Gasteiger partial charge is 0.247 e. The fourth-order valence-corrected chi connectivity index (χ4v) is 2.40. The molecule has 1 atom stereocenters. The molecule has 4 nitrogen and oxygen atoms in total. The van der Waals surface area contributed by atoms with E-state index in [-0.39, 0.29) is 6.04 Å². The molecule has 0 radical (unpaired) electrons. The highest BCUT2D eigenvalue weighted by molar-refractivity contribution is 6.30. The standard InChI is InChI=1S/C14H19ClN4/c1-10(16)19(14(17)13-3-2-8-18-13)9-11-4-6-12(15)7-5-11/h4-7,13,16-18H,2-3,8-9H2,1H3/p+1. The average molecular weight is 280 g/mol. The Balaban J connectivity index is 2.15. The number of amidine groups is 2. The molecule has 1 saturated heterocycles. The van der Waals surface area contributed by atoms with Gasteiger partial charge in [-0.1, -0.05) is 23.7 Å². The predicted molar refractivity (Wildman–Crippen MR) is 79.0 cm³/mol. The van der Waals surface area contributed by atoms with Crippen LogP contribution < -0.4 is 11.1 Å². The van der Waals surface area contributed by atoms with Crippen molar-refractivity contribution in [2.45, 2.75) is 32.4 Å². The van der Waals surface area contributed by atoms with Crippen LogP contribution in [0.2, 0.25) is 5.02 Å². The monoisotopic (exact) mass is 279 g/mol. The first kappa shape index (κ1) is 14.0. The van der Waals surface area contributed by atoms with Crippen molar-refractivity contribution < 1.29 is 4.58 Å². The lowest BCUT2D eigenvalue weighted by Gasteiger charge is -2.15. The second kappa shape index (κ2) is 6.17. The average Bonchev–Trinajstić information content (AvgIpc) is 2.91. The van der Waals surface area contributed by atoms with Gasteiger partial charge < -0.3 is 11.1 Å². The molecule has 5 heteroatoms. The lowest BCUT2D eigenvalue weighted by molar-refractivity contribution is -0.432. The fourth-order valence-electron chi connectivity index (χ4n) is 2.28. The van der Waals surface area contributed by atoms with Gasteiger partial charge in [0.25, 0.3) is 0 Å². The maximum absolute atomic E-state index is 8.30. The van der Waals surface area contributed by atoms with Gasteiger partial charge in [0.05, 0.1) is 12.6 Å². The summed E-state index contributed by atoms with van der Waals surface area (Å²) in [6.45, 7) is 3.42. The van der Waals surface area contributed by atoms with Crippen LogP contribution in [0, 0.1) is 5.41 Å². The SMILES string of the molecule is CC(N)=[N+](Cc1ccc(Cl)cc1)C(=N)C1CCCN1. The van der Waals surface area contributed by atoms with Gasteiger partial charge in [0.15, 0.2) is 5.84 Å². The minimum absolute atomic E-state index is 0.116. The van der Waals surface area contributed by atoms with Crippen LogP contribution in [0.3, 0.4) is 0 Å². The van der Waals surface area contributed by atoms with Gasteiger partial charge in [0.1, 0.15) is 0 Å². The Bertz CT molecular complexity index is 483. The van der Waals surface area contributed by atoms with E-state index in [4.69, 9.17) is 22.7 Å². The molecular formula is C14H20ClN4+.